The van der Waals surface area contributed by atoms with Crippen LogP contribution in [0.25, 0.3) is 0 Å². The molecular formula is C9H13N3O2S. The van der Waals surface area contributed by atoms with Crippen LogP contribution in [0.1, 0.15) is 29.5 Å². The van der Waals surface area contributed by atoms with Crippen LogP contribution in [0.15, 0.2) is 5.16 Å². The molecule has 5 nitrogen and oxygen atoms in total. The first-order valence-electron chi connectivity index (χ1n) is 4.58. The lowest BCUT2D eigenvalue weighted by molar-refractivity contribution is 0.0590. The average molecular weight is 227 g/mol. The first-order chi connectivity index (χ1) is 7.22. The number of thioether (sulfide) groups is 1. The summed E-state index contributed by atoms with van der Waals surface area (Å²) in [5, 5.41) is 8.22. The number of aromatic nitrogens is 3. The van der Waals surface area contributed by atoms with Crippen LogP contribution in [0.2, 0.25) is 0 Å². The molecule has 0 aromatic carbocycles. The molecule has 0 amide bonds. The van der Waals surface area contributed by atoms with Crippen molar-refractivity contribution < 1.29 is 9.53 Å². The minimum absolute atomic E-state index is 0.220. The number of carbonyl (C=O) groups is 1. The molecule has 0 radical (unpaired) electrons. The van der Waals surface area contributed by atoms with E-state index in [9.17, 15) is 4.79 Å². The smallest absolute Gasteiger partial charge is 0.360 e. The van der Waals surface area contributed by atoms with E-state index in [2.05, 4.69) is 19.9 Å². The SMILES string of the molecule is CCCc1nc(SC)nnc1C(=O)OC. The Bertz CT molecular complexity index is 357. The lowest BCUT2D eigenvalue weighted by atomic mass is 10.2. The van der Waals surface area contributed by atoms with E-state index >= 15 is 0 Å². The van der Waals surface area contributed by atoms with E-state index in [1.807, 2.05) is 13.2 Å². The molecule has 0 aliphatic heterocycles. The molecule has 82 valence electrons. The highest BCUT2D eigenvalue weighted by Crippen LogP contribution is 2.12. The number of hydrogen-bond donors (Lipinski definition) is 0. The van der Waals surface area contributed by atoms with Crippen molar-refractivity contribution in [2.24, 2.45) is 0 Å². The van der Waals surface area contributed by atoms with Crippen LogP contribution in [0.3, 0.4) is 0 Å². The Morgan fingerprint density at radius 2 is 2.20 bits per heavy atom. The number of rotatable bonds is 4. The highest BCUT2D eigenvalue weighted by atomic mass is 32.2. The molecule has 0 aliphatic carbocycles. The fourth-order valence-corrected chi connectivity index (χ4v) is 1.42. The van der Waals surface area contributed by atoms with Gasteiger partial charge in [0.2, 0.25) is 5.16 Å². The molecule has 0 N–H and O–H groups in total. The second kappa shape index (κ2) is 5.65. The molecule has 0 fully saturated rings. The van der Waals surface area contributed by atoms with Gasteiger partial charge in [-0.15, -0.1) is 10.2 Å². The summed E-state index contributed by atoms with van der Waals surface area (Å²) in [7, 11) is 1.32. The maximum atomic E-state index is 11.3. The van der Waals surface area contributed by atoms with Crippen LogP contribution in [0, 0.1) is 0 Å². The largest absolute Gasteiger partial charge is 0.464 e. The zero-order valence-corrected chi connectivity index (χ0v) is 9.80. The summed E-state index contributed by atoms with van der Waals surface area (Å²) in [6.07, 6.45) is 3.47. The van der Waals surface area contributed by atoms with Crippen LogP contribution in [0.5, 0.6) is 0 Å². The molecule has 1 rings (SSSR count). The molecule has 0 bridgehead atoms. The van der Waals surface area contributed by atoms with Gasteiger partial charge in [0.1, 0.15) is 0 Å². The lowest BCUT2D eigenvalue weighted by Gasteiger charge is -2.04. The molecule has 1 heterocycles. The van der Waals surface area contributed by atoms with Gasteiger partial charge in [-0.05, 0) is 12.7 Å². The van der Waals surface area contributed by atoms with Gasteiger partial charge in [-0.25, -0.2) is 9.78 Å². The number of aryl methyl sites for hydroxylation is 1. The monoisotopic (exact) mass is 227 g/mol. The van der Waals surface area contributed by atoms with Crippen molar-refractivity contribution in [2.45, 2.75) is 24.9 Å². The standard InChI is InChI=1S/C9H13N3O2S/c1-4-5-6-7(8(13)14-2)11-12-9(10-6)15-3/h4-5H2,1-3H3. The Labute approximate surface area is 92.6 Å². The van der Waals surface area contributed by atoms with E-state index in [0.29, 0.717) is 17.3 Å². The van der Waals surface area contributed by atoms with Gasteiger partial charge < -0.3 is 4.74 Å². The van der Waals surface area contributed by atoms with Crippen molar-refractivity contribution in [2.75, 3.05) is 13.4 Å². The predicted molar refractivity (Wildman–Crippen MR) is 56.9 cm³/mol. The van der Waals surface area contributed by atoms with E-state index < -0.39 is 5.97 Å². The summed E-state index contributed by atoms with van der Waals surface area (Å²) in [6, 6.07) is 0. The van der Waals surface area contributed by atoms with Crippen molar-refractivity contribution in [1.29, 1.82) is 0 Å². The molecule has 0 unspecified atom stereocenters. The van der Waals surface area contributed by atoms with E-state index in [0.717, 1.165) is 6.42 Å². The van der Waals surface area contributed by atoms with Crippen molar-refractivity contribution in [3.05, 3.63) is 11.4 Å². The first-order valence-corrected chi connectivity index (χ1v) is 5.81. The maximum Gasteiger partial charge on any atom is 0.360 e. The molecule has 6 heteroatoms. The number of hydrogen-bond acceptors (Lipinski definition) is 6. The predicted octanol–water partition coefficient (Wildman–Crippen LogP) is 1.33. The van der Waals surface area contributed by atoms with Crippen LogP contribution in [0.4, 0.5) is 0 Å². The summed E-state index contributed by atoms with van der Waals surface area (Å²) in [6.45, 7) is 2.02. The Balaban J connectivity index is 3.08. The van der Waals surface area contributed by atoms with E-state index in [4.69, 9.17) is 0 Å². The number of methoxy groups -OCH3 is 1. The average Bonchev–Trinajstić information content (AvgIpc) is 2.28. The molecule has 15 heavy (non-hydrogen) atoms. The molecule has 0 saturated carbocycles. The molecule has 0 spiro atoms. The highest BCUT2D eigenvalue weighted by molar-refractivity contribution is 7.98. The number of esters is 1. The lowest BCUT2D eigenvalue weighted by Crippen LogP contribution is -2.12. The second-order valence-corrected chi connectivity index (χ2v) is 3.61. The Hall–Kier alpha value is -1.17. The zero-order chi connectivity index (χ0) is 11.3. The summed E-state index contributed by atoms with van der Waals surface area (Å²) in [4.78, 5) is 15.6. The van der Waals surface area contributed by atoms with Gasteiger partial charge in [0.15, 0.2) is 5.69 Å². The zero-order valence-electron chi connectivity index (χ0n) is 8.98. The van der Waals surface area contributed by atoms with Crippen molar-refractivity contribution in [1.82, 2.24) is 15.2 Å². The normalized spacial score (nSPS) is 10.1. The molecule has 1 aromatic heterocycles. The minimum Gasteiger partial charge on any atom is -0.464 e. The van der Waals surface area contributed by atoms with Crippen LogP contribution < -0.4 is 0 Å². The Morgan fingerprint density at radius 1 is 1.47 bits per heavy atom. The maximum absolute atomic E-state index is 11.3. The first kappa shape index (κ1) is 11.9. The van der Waals surface area contributed by atoms with Gasteiger partial charge in [0, 0.05) is 0 Å². The van der Waals surface area contributed by atoms with Gasteiger partial charge in [-0.1, -0.05) is 25.1 Å². The number of nitrogens with zero attached hydrogens (tertiary/aromatic N) is 3. The summed E-state index contributed by atoms with van der Waals surface area (Å²) >= 11 is 1.40. The number of carbonyl (C=O) groups excluding carboxylic acids is 1. The van der Waals surface area contributed by atoms with Crippen molar-refractivity contribution >= 4 is 17.7 Å². The number of ether oxygens (including phenoxy) is 1. The summed E-state index contributed by atoms with van der Waals surface area (Å²) in [5.41, 5.74) is 0.876. The molecule has 1 aromatic rings. The van der Waals surface area contributed by atoms with Gasteiger partial charge in [-0.3, -0.25) is 0 Å². The van der Waals surface area contributed by atoms with E-state index in [1.54, 1.807) is 0 Å². The molecule has 0 saturated heterocycles. The van der Waals surface area contributed by atoms with Crippen LogP contribution in [-0.4, -0.2) is 34.5 Å². The van der Waals surface area contributed by atoms with Gasteiger partial charge in [0.25, 0.3) is 0 Å². The quantitative estimate of drug-likeness (QED) is 0.571. The van der Waals surface area contributed by atoms with E-state index in [-0.39, 0.29) is 5.69 Å². The van der Waals surface area contributed by atoms with Crippen molar-refractivity contribution in [3.63, 3.8) is 0 Å². The summed E-state index contributed by atoms with van der Waals surface area (Å²) in [5.74, 6) is -0.480. The van der Waals surface area contributed by atoms with Crippen LogP contribution in [-0.2, 0) is 11.2 Å². The minimum atomic E-state index is -0.480. The third kappa shape index (κ3) is 2.89. The fraction of sp³-hybridized carbons (Fsp3) is 0.556. The second-order valence-electron chi connectivity index (χ2n) is 2.84. The Kier molecular flexibility index (Phi) is 4.48. The Morgan fingerprint density at radius 3 is 2.73 bits per heavy atom. The molecule has 0 aliphatic rings. The van der Waals surface area contributed by atoms with E-state index in [1.165, 1.54) is 18.9 Å². The van der Waals surface area contributed by atoms with Gasteiger partial charge in [0.05, 0.1) is 12.8 Å². The van der Waals surface area contributed by atoms with Gasteiger partial charge in [-0.2, -0.15) is 0 Å². The topological polar surface area (TPSA) is 65.0 Å². The van der Waals surface area contributed by atoms with Crippen LogP contribution >= 0.6 is 11.8 Å². The summed E-state index contributed by atoms with van der Waals surface area (Å²) < 4.78 is 4.61. The molecule has 0 atom stereocenters. The third-order valence-electron chi connectivity index (χ3n) is 1.79. The highest BCUT2D eigenvalue weighted by Gasteiger charge is 2.16. The third-order valence-corrected chi connectivity index (χ3v) is 2.33. The van der Waals surface area contributed by atoms with Gasteiger partial charge >= 0.3 is 5.97 Å². The molecular weight excluding hydrogens is 214 g/mol. The van der Waals surface area contributed by atoms with Crippen molar-refractivity contribution in [3.8, 4) is 0 Å². The fourth-order valence-electron chi connectivity index (χ4n) is 1.09.